The highest BCUT2D eigenvalue weighted by atomic mass is 16.4. The summed E-state index contributed by atoms with van der Waals surface area (Å²) in [4.78, 5) is 39.9. The third-order valence-corrected chi connectivity index (χ3v) is 6.34. The third-order valence-electron chi connectivity index (χ3n) is 6.34. The van der Waals surface area contributed by atoms with Crippen LogP contribution in [0.15, 0.2) is 30.3 Å². The van der Waals surface area contributed by atoms with Crippen LogP contribution in [0, 0.1) is 5.41 Å². The van der Waals surface area contributed by atoms with Crippen LogP contribution in [0.1, 0.15) is 45.6 Å². The molecule has 2 saturated heterocycles. The Morgan fingerprint density at radius 3 is 2.19 bits per heavy atom. The largest absolute Gasteiger partial charge is 0.480 e. The first-order valence-corrected chi connectivity index (χ1v) is 9.51. The van der Waals surface area contributed by atoms with Gasteiger partial charge in [-0.2, -0.15) is 0 Å². The van der Waals surface area contributed by atoms with Gasteiger partial charge in [0, 0.05) is 26.6 Å². The van der Waals surface area contributed by atoms with Gasteiger partial charge in [-0.15, -0.1) is 0 Å². The van der Waals surface area contributed by atoms with Crippen LogP contribution in [0.5, 0.6) is 0 Å². The van der Waals surface area contributed by atoms with Crippen LogP contribution < -0.4 is 0 Å². The minimum Gasteiger partial charge on any atom is -0.480 e. The van der Waals surface area contributed by atoms with Gasteiger partial charge in [-0.25, -0.2) is 4.79 Å². The zero-order valence-corrected chi connectivity index (χ0v) is 16.3. The average molecular weight is 372 g/mol. The first-order valence-electron chi connectivity index (χ1n) is 9.51. The highest BCUT2D eigenvalue weighted by molar-refractivity contribution is 5.87. The Hall–Kier alpha value is -2.37. The van der Waals surface area contributed by atoms with Gasteiger partial charge in [0.15, 0.2) is 0 Å². The van der Waals surface area contributed by atoms with Crippen LogP contribution in [0.2, 0.25) is 0 Å². The summed E-state index contributed by atoms with van der Waals surface area (Å²) in [5.74, 6) is -1.03. The molecule has 1 atom stereocenters. The van der Waals surface area contributed by atoms with E-state index in [1.807, 2.05) is 49.1 Å². The van der Waals surface area contributed by atoms with Crippen LogP contribution in [-0.2, 0) is 19.8 Å². The normalized spacial score (nSPS) is 22.1. The molecule has 1 unspecified atom stereocenters. The smallest absolute Gasteiger partial charge is 0.326 e. The minimum absolute atomic E-state index is 0.0970. The molecule has 2 fully saturated rings. The first-order chi connectivity index (χ1) is 12.7. The van der Waals surface area contributed by atoms with Gasteiger partial charge >= 0.3 is 5.97 Å². The van der Waals surface area contributed by atoms with Gasteiger partial charge in [-0.3, -0.25) is 9.59 Å². The number of aliphatic carboxylic acids is 1. The molecule has 2 heterocycles. The van der Waals surface area contributed by atoms with Gasteiger partial charge in [-0.05, 0) is 44.1 Å². The third kappa shape index (κ3) is 3.57. The van der Waals surface area contributed by atoms with Crippen LogP contribution in [0.4, 0.5) is 0 Å². The molecule has 1 N–H and O–H groups in total. The zero-order chi connectivity index (χ0) is 19.8. The number of hydrogen-bond acceptors (Lipinski definition) is 3. The maximum Gasteiger partial charge on any atom is 0.326 e. The molecule has 2 aliphatic rings. The number of piperidine rings is 1. The van der Waals surface area contributed by atoms with E-state index in [4.69, 9.17) is 0 Å². The summed E-state index contributed by atoms with van der Waals surface area (Å²) < 4.78 is 0. The van der Waals surface area contributed by atoms with Crippen molar-refractivity contribution < 1.29 is 19.5 Å². The lowest BCUT2D eigenvalue weighted by atomic mass is 9.75. The second-order valence-corrected chi connectivity index (χ2v) is 8.49. The fraction of sp³-hybridized carbons (Fsp3) is 0.571. The molecule has 1 spiro atoms. The Morgan fingerprint density at radius 2 is 1.70 bits per heavy atom. The van der Waals surface area contributed by atoms with E-state index in [0.717, 1.165) is 18.4 Å². The molecular weight excluding hydrogens is 344 g/mol. The monoisotopic (exact) mass is 372 g/mol. The van der Waals surface area contributed by atoms with Gasteiger partial charge in [0.2, 0.25) is 11.8 Å². The molecule has 0 saturated carbocycles. The average Bonchev–Trinajstić information content (AvgIpc) is 3.02. The van der Waals surface area contributed by atoms with Crippen molar-refractivity contribution in [1.29, 1.82) is 0 Å². The number of nitrogens with zero attached hydrogens (tertiary/aromatic N) is 2. The molecule has 27 heavy (non-hydrogen) atoms. The number of benzene rings is 1. The maximum absolute atomic E-state index is 13.1. The van der Waals surface area contributed by atoms with Gasteiger partial charge in [-0.1, -0.05) is 30.3 Å². The van der Waals surface area contributed by atoms with E-state index >= 15 is 0 Å². The van der Waals surface area contributed by atoms with Gasteiger partial charge in [0.1, 0.15) is 6.04 Å². The number of carbonyl (C=O) groups is 3. The Kier molecular flexibility index (Phi) is 5.02. The molecule has 0 aromatic heterocycles. The Labute approximate surface area is 160 Å². The molecule has 2 aliphatic heterocycles. The Morgan fingerprint density at radius 1 is 1.11 bits per heavy atom. The van der Waals surface area contributed by atoms with Crippen molar-refractivity contribution in [2.45, 2.75) is 51.5 Å². The molecule has 6 heteroatoms. The Balaban J connectivity index is 1.69. The number of likely N-dealkylation sites (tertiary alicyclic amines) is 2. The highest BCUT2D eigenvalue weighted by Gasteiger charge is 2.50. The quantitative estimate of drug-likeness (QED) is 0.883. The van der Waals surface area contributed by atoms with Crippen LogP contribution >= 0.6 is 0 Å². The maximum atomic E-state index is 13.1. The van der Waals surface area contributed by atoms with Crippen molar-refractivity contribution in [1.82, 2.24) is 9.80 Å². The van der Waals surface area contributed by atoms with E-state index in [1.54, 1.807) is 0 Å². The number of carbonyl (C=O) groups excluding carboxylic acids is 2. The summed E-state index contributed by atoms with van der Waals surface area (Å²) in [6, 6.07) is 9.03. The molecular formula is C21H28N2O4. The van der Waals surface area contributed by atoms with Gasteiger partial charge in [0.25, 0.3) is 0 Å². The molecule has 1 aromatic rings. The lowest BCUT2D eigenvalue weighted by molar-refractivity contribution is -0.147. The van der Waals surface area contributed by atoms with Crippen LogP contribution in [0.25, 0.3) is 0 Å². The van der Waals surface area contributed by atoms with Crippen LogP contribution in [-0.4, -0.2) is 58.4 Å². The Bertz CT molecular complexity index is 712. The molecule has 3 rings (SSSR count). The summed E-state index contributed by atoms with van der Waals surface area (Å²) in [6.45, 7) is 7.00. The number of hydrogen-bond donors (Lipinski definition) is 1. The number of rotatable bonds is 3. The molecule has 0 aliphatic carbocycles. The molecule has 0 bridgehead atoms. The van der Waals surface area contributed by atoms with Crippen molar-refractivity contribution in [3.63, 3.8) is 0 Å². The van der Waals surface area contributed by atoms with Gasteiger partial charge in [0.05, 0.1) is 5.41 Å². The second-order valence-electron chi connectivity index (χ2n) is 8.49. The van der Waals surface area contributed by atoms with E-state index in [1.165, 1.54) is 11.8 Å². The summed E-state index contributed by atoms with van der Waals surface area (Å²) in [5, 5.41) is 9.46. The summed E-state index contributed by atoms with van der Waals surface area (Å²) in [6.07, 6.45) is 1.94. The lowest BCUT2D eigenvalue weighted by Gasteiger charge is -2.42. The second kappa shape index (κ2) is 6.98. The summed E-state index contributed by atoms with van der Waals surface area (Å²) in [5.41, 5.74) is 0.198. The van der Waals surface area contributed by atoms with E-state index in [9.17, 15) is 19.5 Å². The van der Waals surface area contributed by atoms with Gasteiger partial charge < -0.3 is 14.9 Å². The summed E-state index contributed by atoms with van der Waals surface area (Å²) in [7, 11) is 0. The van der Waals surface area contributed by atoms with E-state index < -0.39 is 17.4 Å². The first kappa shape index (κ1) is 19.4. The van der Waals surface area contributed by atoms with E-state index in [-0.39, 0.29) is 17.2 Å². The summed E-state index contributed by atoms with van der Waals surface area (Å²) >= 11 is 0. The predicted octanol–water partition coefficient (Wildman–Crippen LogP) is 2.28. The highest BCUT2D eigenvalue weighted by Crippen LogP contribution is 2.44. The van der Waals surface area contributed by atoms with Crippen molar-refractivity contribution in [2.24, 2.45) is 5.41 Å². The topological polar surface area (TPSA) is 77.9 Å². The number of amides is 2. The van der Waals surface area contributed by atoms with Crippen molar-refractivity contribution in [3.05, 3.63) is 35.9 Å². The molecule has 0 radical (unpaired) electrons. The molecule has 146 valence electrons. The predicted molar refractivity (Wildman–Crippen MR) is 101 cm³/mol. The number of carboxylic acid groups (broad SMARTS) is 1. The van der Waals surface area contributed by atoms with E-state index in [2.05, 4.69) is 0 Å². The SMILES string of the molecule is CC(=O)N1CC2(CCN(C(=O)C(C)(C)c3ccccc3)CC2)CC1C(=O)O. The number of carboxylic acids is 1. The zero-order valence-electron chi connectivity index (χ0n) is 16.3. The minimum atomic E-state index is -0.939. The fourth-order valence-corrected chi connectivity index (χ4v) is 4.53. The molecule has 6 nitrogen and oxygen atoms in total. The standard InChI is InChI=1S/C21H28N2O4/c1-15(24)23-14-21(13-17(23)18(25)26)9-11-22(12-10-21)19(27)20(2,3)16-7-5-4-6-8-16/h4-8,17H,9-14H2,1-3H3,(H,25,26). The van der Waals surface area contributed by atoms with E-state index in [0.29, 0.717) is 26.1 Å². The van der Waals surface area contributed by atoms with Crippen LogP contribution in [0.3, 0.4) is 0 Å². The van der Waals surface area contributed by atoms with Crippen molar-refractivity contribution in [2.75, 3.05) is 19.6 Å². The molecule has 1 aromatic carbocycles. The van der Waals surface area contributed by atoms with Crippen molar-refractivity contribution >= 4 is 17.8 Å². The molecule has 2 amide bonds. The fourth-order valence-electron chi connectivity index (χ4n) is 4.53. The van der Waals surface area contributed by atoms with Crippen molar-refractivity contribution in [3.8, 4) is 0 Å². The lowest BCUT2D eigenvalue weighted by Crippen LogP contribution is -2.50.